The van der Waals surface area contributed by atoms with E-state index in [9.17, 15) is 4.79 Å². The Bertz CT molecular complexity index is 723. The highest BCUT2D eigenvalue weighted by atomic mass is 35.5. The van der Waals surface area contributed by atoms with Gasteiger partial charge in [-0.25, -0.2) is 4.99 Å². The molecular weight excluding hydrogens is 274 g/mol. The van der Waals surface area contributed by atoms with Crippen LogP contribution in [0.1, 0.15) is 11.1 Å². The lowest BCUT2D eigenvalue weighted by Gasteiger charge is -1.97. The highest BCUT2D eigenvalue weighted by Gasteiger charge is 2.20. The molecule has 2 aromatic rings. The molecule has 20 heavy (non-hydrogen) atoms. The van der Waals surface area contributed by atoms with Gasteiger partial charge in [-0.3, -0.25) is 9.78 Å². The number of nitrogens with zero attached hydrogens (tertiary/aromatic N) is 2. The molecule has 0 fully saturated rings. The first-order valence-electron chi connectivity index (χ1n) is 6.00. The van der Waals surface area contributed by atoms with Crippen molar-refractivity contribution in [1.82, 2.24) is 10.3 Å². The van der Waals surface area contributed by atoms with Crippen molar-refractivity contribution in [3.05, 3.63) is 70.6 Å². The highest BCUT2D eigenvalue weighted by Crippen LogP contribution is 2.17. The summed E-state index contributed by atoms with van der Waals surface area (Å²) in [6.07, 6.45) is 5.01. The largest absolute Gasteiger partial charge is 0.305 e. The lowest BCUT2D eigenvalue weighted by Crippen LogP contribution is -2.24. The quantitative estimate of drug-likeness (QED) is 0.862. The van der Waals surface area contributed by atoms with Crippen LogP contribution in [0.4, 0.5) is 0 Å². The molecule has 2 heterocycles. The molecule has 1 N–H and O–H groups in total. The minimum absolute atomic E-state index is 0.225. The smallest absolute Gasteiger partial charge is 0.275 e. The van der Waals surface area contributed by atoms with Gasteiger partial charge in [-0.15, -0.1) is 0 Å². The maximum Gasteiger partial charge on any atom is 0.275 e. The van der Waals surface area contributed by atoms with E-state index in [0.717, 1.165) is 11.1 Å². The monoisotopic (exact) mass is 283 g/mol. The lowest BCUT2D eigenvalue weighted by molar-refractivity contribution is -0.115. The number of rotatable bonds is 2. The zero-order valence-electron chi connectivity index (χ0n) is 10.4. The van der Waals surface area contributed by atoms with Crippen LogP contribution in [0.15, 0.2) is 59.5 Å². The average molecular weight is 284 g/mol. The van der Waals surface area contributed by atoms with Gasteiger partial charge in [0.25, 0.3) is 5.91 Å². The number of hydrogen-bond acceptors (Lipinski definition) is 3. The van der Waals surface area contributed by atoms with Crippen molar-refractivity contribution in [3.63, 3.8) is 0 Å². The van der Waals surface area contributed by atoms with Crippen molar-refractivity contribution in [1.29, 1.82) is 0 Å². The normalized spacial score (nSPS) is 16.1. The Morgan fingerprint density at radius 2 is 1.95 bits per heavy atom. The predicted octanol–water partition coefficient (Wildman–Crippen LogP) is 2.65. The summed E-state index contributed by atoms with van der Waals surface area (Å²) in [5, 5.41) is 3.36. The van der Waals surface area contributed by atoms with Crippen LogP contribution in [0, 0.1) is 0 Å². The summed E-state index contributed by atoms with van der Waals surface area (Å²) >= 11 is 5.92. The SMILES string of the molecule is O=C1NC(c2ccncc2)=N/C1=C/c1cccc(Cl)c1. The fourth-order valence-corrected chi connectivity index (χ4v) is 2.07. The van der Waals surface area contributed by atoms with Crippen LogP contribution in [0.5, 0.6) is 0 Å². The van der Waals surface area contributed by atoms with Crippen molar-refractivity contribution in [2.45, 2.75) is 0 Å². The summed E-state index contributed by atoms with van der Waals surface area (Å²) in [6.45, 7) is 0. The van der Waals surface area contributed by atoms with E-state index in [1.165, 1.54) is 0 Å². The first-order chi connectivity index (χ1) is 9.72. The molecule has 1 amide bonds. The number of benzene rings is 1. The third-order valence-electron chi connectivity index (χ3n) is 2.80. The molecule has 1 aromatic carbocycles. The summed E-state index contributed by atoms with van der Waals surface area (Å²) in [5.41, 5.74) is 2.02. The van der Waals surface area contributed by atoms with E-state index in [1.54, 1.807) is 42.7 Å². The van der Waals surface area contributed by atoms with Gasteiger partial charge in [-0.05, 0) is 35.9 Å². The van der Waals surface area contributed by atoms with Gasteiger partial charge in [-0.1, -0.05) is 23.7 Å². The molecule has 0 aliphatic carbocycles. The molecular formula is C15H10ClN3O. The molecule has 0 unspecified atom stereocenters. The van der Waals surface area contributed by atoms with E-state index in [-0.39, 0.29) is 5.91 Å². The zero-order valence-corrected chi connectivity index (χ0v) is 11.1. The number of nitrogens with one attached hydrogen (secondary N) is 1. The molecule has 0 atom stereocenters. The van der Waals surface area contributed by atoms with Crippen LogP contribution in [0.2, 0.25) is 5.02 Å². The highest BCUT2D eigenvalue weighted by molar-refractivity contribution is 6.30. The fraction of sp³-hybridized carbons (Fsp3) is 0. The minimum atomic E-state index is -0.225. The predicted molar refractivity (Wildman–Crippen MR) is 78.3 cm³/mol. The molecule has 0 bridgehead atoms. The van der Waals surface area contributed by atoms with E-state index < -0.39 is 0 Å². The number of amides is 1. The lowest BCUT2D eigenvalue weighted by atomic mass is 10.2. The van der Waals surface area contributed by atoms with Gasteiger partial charge in [0.1, 0.15) is 11.5 Å². The maximum absolute atomic E-state index is 11.9. The molecule has 5 heteroatoms. The summed E-state index contributed by atoms with van der Waals surface area (Å²) < 4.78 is 0. The Balaban J connectivity index is 1.95. The molecule has 1 aliphatic heterocycles. The number of aromatic nitrogens is 1. The summed E-state index contributed by atoms with van der Waals surface area (Å²) in [5.74, 6) is 0.308. The Morgan fingerprint density at radius 1 is 1.15 bits per heavy atom. The zero-order chi connectivity index (χ0) is 13.9. The number of carbonyl (C=O) groups is 1. The second-order valence-corrected chi connectivity index (χ2v) is 4.67. The number of pyridine rings is 1. The van der Waals surface area contributed by atoms with Crippen molar-refractivity contribution in [2.24, 2.45) is 4.99 Å². The maximum atomic E-state index is 11.9. The first kappa shape index (κ1) is 12.6. The Hall–Kier alpha value is -2.46. The van der Waals surface area contributed by atoms with Gasteiger partial charge in [0.05, 0.1) is 0 Å². The van der Waals surface area contributed by atoms with Gasteiger partial charge in [0, 0.05) is 23.0 Å². The second-order valence-electron chi connectivity index (χ2n) is 4.24. The molecule has 0 radical (unpaired) electrons. The van der Waals surface area contributed by atoms with Gasteiger partial charge in [0.15, 0.2) is 0 Å². The molecule has 1 aliphatic rings. The fourth-order valence-electron chi connectivity index (χ4n) is 1.87. The number of amidine groups is 1. The van der Waals surface area contributed by atoms with Gasteiger partial charge >= 0.3 is 0 Å². The van der Waals surface area contributed by atoms with Gasteiger partial charge in [-0.2, -0.15) is 0 Å². The Morgan fingerprint density at radius 3 is 2.70 bits per heavy atom. The Labute approximate surface area is 120 Å². The molecule has 4 nitrogen and oxygen atoms in total. The first-order valence-corrected chi connectivity index (χ1v) is 6.38. The molecule has 1 aromatic heterocycles. The molecule has 0 spiro atoms. The van der Waals surface area contributed by atoms with Crippen LogP contribution in [0.25, 0.3) is 6.08 Å². The second kappa shape index (κ2) is 5.27. The third-order valence-corrected chi connectivity index (χ3v) is 3.04. The summed E-state index contributed by atoms with van der Waals surface area (Å²) in [7, 11) is 0. The molecule has 3 rings (SSSR count). The number of halogens is 1. The topological polar surface area (TPSA) is 54.4 Å². The number of carbonyl (C=O) groups excluding carboxylic acids is 1. The van der Waals surface area contributed by atoms with E-state index in [1.807, 2.05) is 12.1 Å². The summed E-state index contributed by atoms with van der Waals surface area (Å²) in [6, 6.07) is 10.8. The van der Waals surface area contributed by atoms with Crippen LogP contribution in [-0.4, -0.2) is 16.7 Å². The van der Waals surface area contributed by atoms with Crippen LogP contribution < -0.4 is 5.32 Å². The van der Waals surface area contributed by atoms with Crippen LogP contribution in [-0.2, 0) is 4.79 Å². The minimum Gasteiger partial charge on any atom is -0.305 e. The van der Waals surface area contributed by atoms with E-state index >= 15 is 0 Å². The van der Waals surface area contributed by atoms with Crippen molar-refractivity contribution in [2.75, 3.05) is 0 Å². The van der Waals surface area contributed by atoms with Crippen molar-refractivity contribution < 1.29 is 4.79 Å². The van der Waals surface area contributed by atoms with Gasteiger partial charge < -0.3 is 5.32 Å². The standard InChI is InChI=1S/C15H10ClN3O/c16-12-3-1-2-10(8-12)9-13-15(20)19-14(18-13)11-4-6-17-7-5-11/h1-9H,(H,18,19,20)/b13-9+. The average Bonchev–Trinajstić information content (AvgIpc) is 2.81. The molecule has 98 valence electrons. The van der Waals surface area contributed by atoms with E-state index in [2.05, 4.69) is 15.3 Å². The van der Waals surface area contributed by atoms with E-state index in [0.29, 0.717) is 16.6 Å². The number of hydrogen-bond donors (Lipinski definition) is 1. The van der Waals surface area contributed by atoms with Crippen LogP contribution >= 0.6 is 11.6 Å². The Kier molecular flexibility index (Phi) is 3.31. The van der Waals surface area contributed by atoms with Crippen molar-refractivity contribution in [3.8, 4) is 0 Å². The number of aliphatic imine (C=N–C) groups is 1. The molecule has 0 saturated carbocycles. The van der Waals surface area contributed by atoms with E-state index in [4.69, 9.17) is 11.6 Å². The summed E-state index contributed by atoms with van der Waals surface area (Å²) in [4.78, 5) is 20.2. The van der Waals surface area contributed by atoms with Crippen molar-refractivity contribution >= 4 is 29.4 Å². The molecule has 0 saturated heterocycles. The van der Waals surface area contributed by atoms with Gasteiger partial charge in [0.2, 0.25) is 0 Å². The third kappa shape index (κ3) is 2.60. The van der Waals surface area contributed by atoms with Crippen LogP contribution in [0.3, 0.4) is 0 Å².